The number of nitrogens with zero attached hydrogens (tertiary/aromatic N) is 3. The van der Waals surface area contributed by atoms with Crippen LogP contribution in [0.1, 0.15) is 139 Å². The number of primary amides is 1. The molecule has 1 aromatic heterocycles. The van der Waals surface area contributed by atoms with Crippen molar-refractivity contribution in [3.05, 3.63) is 106 Å². The summed E-state index contributed by atoms with van der Waals surface area (Å²) in [6.07, 6.45) is 5.15. The van der Waals surface area contributed by atoms with Crippen molar-refractivity contribution in [1.29, 1.82) is 0 Å². The number of nitrogens with two attached hydrogens (primary N) is 1. The molecule has 24 heteroatoms. The first-order valence-electron chi connectivity index (χ1n) is 26.8. The average molecular weight is 1120 g/mol. The Bertz CT molecular complexity index is 3260. The quantitative estimate of drug-likeness (QED) is 0.0306. The van der Waals surface area contributed by atoms with Crippen LogP contribution in [0.2, 0.25) is 0 Å². The van der Waals surface area contributed by atoms with Crippen LogP contribution in [0.25, 0.3) is 10.9 Å². The van der Waals surface area contributed by atoms with E-state index in [1.807, 2.05) is 30.3 Å². The van der Waals surface area contributed by atoms with Crippen molar-refractivity contribution < 1.29 is 66.3 Å². The van der Waals surface area contributed by atoms with Crippen molar-refractivity contribution in [2.75, 3.05) is 13.1 Å². The number of H-pyrrole nitrogens is 1. The lowest BCUT2D eigenvalue weighted by Crippen LogP contribution is -2.62. The Kier molecular flexibility index (Phi) is 16.7. The van der Waals surface area contributed by atoms with Crippen LogP contribution in [0.4, 0.5) is 8.78 Å². The van der Waals surface area contributed by atoms with Crippen LogP contribution in [0.5, 0.6) is 0 Å². The normalized spacial score (nSPS) is 21.2. The number of alkyl halides is 2. The number of aromatic amines is 1. The maximum Gasteiger partial charge on any atom is 0.399 e. The highest BCUT2D eigenvalue weighted by molar-refractivity contribution is 7.52. The molecule has 422 valence electrons. The minimum atomic E-state index is -5.93. The number of unbranched alkanes of at least 4 members (excludes halogenated alkanes) is 3. The Hall–Kier alpha value is -7.80. The second kappa shape index (κ2) is 23.5. The van der Waals surface area contributed by atoms with Gasteiger partial charge in [-0.15, -0.1) is 0 Å². The van der Waals surface area contributed by atoms with E-state index in [2.05, 4.69) is 38.1 Å². The molecule has 5 atom stereocenters. The van der Waals surface area contributed by atoms with Crippen LogP contribution in [0, 0.1) is 11.8 Å². The fraction of sp³-hybridized carbons (Fsp3) is 0.446. The number of piperidine rings is 1. The maximum absolute atomic E-state index is 15.0. The molecule has 80 heavy (non-hydrogen) atoms. The van der Waals surface area contributed by atoms with Gasteiger partial charge in [-0.25, -0.2) is 0 Å². The van der Waals surface area contributed by atoms with Crippen molar-refractivity contribution >= 4 is 71.7 Å². The molecule has 0 radical (unpaired) electrons. The van der Waals surface area contributed by atoms with Crippen LogP contribution in [-0.2, 0) is 55.9 Å². The Labute approximate surface area is 458 Å². The van der Waals surface area contributed by atoms with Gasteiger partial charge in [-0.2, -0.15) is 8.78 Å². The lowest BCUT2D eigenvalue weighted by Gasteiger charge is -2.44. The van der Waals surface area contributed by atoms with E-state index in [-0.39, 0.29) is 98.9 Å². The summed E-state index contributed by atoms with van der Waals surface area (Å²) in [5.41, 5.74) is 1.94. The summed E-state index contributed by atoms with van der Waals surface area (Å²) in [5.74, 6) is 1.33. The van der Waals surface area contributed by atoms with Crippen LogP contribution in [0.15, 0.2) is 72.8 Å². The predicted octanol–water partition coefficient (Wildman–Crippen LogP) is 3.79. The molecule has 9 rings (SSSR count). The monoisotopic (exact) mass is 1120 g/mol. The number of hydrogen-bond donors (Lipinski definition) is 8. The van der Waals surface area contributed by atoms with Crippen molar-refractivity contribution in [1.82, 2.24) is 41.0 Å². The summed E-state index contributed by atoms with van der Waals surface area (Å²) in [7, 11) is -5.93. The number of fused-ring (bicyclic) bond motifs is 3. The van der Waals surface area contributed by atoms with E-state index in [0.717, 1.165) is 30.2 Å². The topological polar surface area (TPSA) is 311 Å². The molecule has 4 aromatic rings. The van der Waals surface area contributed by atoms with Crippen LogP contribution in [-0.4, -0.2) is 126 Å². The fourth-order valence-corrected chi connectivity index (χ4v) is 11.9. The Balaban J connectivity index is 0.877. The van der Waals surface area contributed by atoms with Gasteiger partial charge in [0, 0.05) is 79.0 Å². The molecular formula is C56H62F2N9O12P. The van der Waals surface area contributed by atoms with Gasteiger partial charge in [0.25, 0.3) is 11.8 Å². The molecular weight excluding hydrogens is 1060 g/mol. The van der Waals surface area contributed by atoms with E-state index in [1.54, 1.807) is 18.2 Å². The van der Waals surface area contributed by atoms with Gasteiger partial charge in [0.1, 0.15) is 29.9 Å². The highest BCUT2D eigenvalue weighted by atomic mass is 31.2. The molecule has 4 fully saturated rings. The highest BCUT2D eigenvalue weighted by Gasteiger charge is 2.51. The van der Waals surface area contributed by atoms with Crippen molar-refractivity contribution in [3.8, 4) is 11.8 Å². The molecule has 1 saturated carbocycles. The summed E-state index contributed by atoms with van der Waals surface area (Å²) < 4.78 is 41.1. The summed E-state index contributed by atoms with van der Waals surface area (Å²) in [6, 6.07) is 13.4. The number of nitrogens with one attached hydrogen (secondary N) is 5. The standard InChI is InChI=1S/C56H62F2N9O12P/c57-56(58,80(77,78)79)36-17-19-40-34(29-36)30-42(60-40)49(71)62-43-32-65(48(70)16-8-3-1-2-5-11-33-12-9-15-38-39(33)31-66(53(38)75)44-22-24-47(69)63-51(44)73)28-25-37-18-21-45(67(37)54(43)76)52(74)61-41(20-23-46(59)68)50(72)64-55(26-10-27-55)35-13-6-4-7-14-35/h4,6-7,9,12-15,17,19,29-30,37,41,43-45,60H,1-3,8,10,16,18,20-28,31-32H2,(H2,59,68)(H,61,74)(H,62,71)(H,64,72)(H,63,69,73)(H2,77,78,79)/t37-,41+,43+,44?,45+/m1/s1. The zero-order valence-corrected chi connectivity index (χ0v) is 44.5. The minimum Gasteiger partial charge on any atom is -0.370 e. The molecule has 3 saturated heterocycles. The summed E-state index contributed by atoms with van der Waals surface area (Å²) >= 11 is 0. The number of rotatable bonds is 18. The molecule has 21 nitrogen and oxygen atoms in total. The smallest absolute Gasteiger partial charge is 0.370 e. The van der Waals surface area contributed by atoms with E-state index in [1.165, 1.54) is 20.8 Å². The first-order valence-corrected chi connectivity index (χ1v) is 28.4. The number of carbonyl (C=O) groups excluding carboxylic acids is 9. The minimum absolute atomic E-state index is 0.00394. The number of imide groups is 1. The maximum atomic E-state index is 15.0. The summed E-state index contributed by atoms with van der Waals surface area (Å²) in [5, 5.41) is 10.9. The lowest BCUT2D eigenvalue weighted by molar-refractivity contribution is -0.145. The number of amides is 9. The Morgan fingerprint density at radius 3 is 2.40 bits per heavy atom. The van der Waals surface area contributed by atoms with E-state index in [9.17, 15) is 66.3 Å². The van der Waals surface area contributed by atoms with Gasteiger partial charge < -0.3 is 51.2 Å². The molecule has 1 aliphatic carbocycles. The van der Waals surface area contributed by atoms with Gasteiger partial charge >= 0.3 is 13.3 Å². The van der Waals surface area contributed by atoms with Crippen LogP contribution < -0.4 is 27.0 Å². The van der Waals surface area contributed by atoms with E-state index < -0.39 is 90.0 Å². The zero-order valence-electron chi connectivity index (χ0n) is 43.6. The SMILES string of the molecule is NC(=O)CC[C@H](NC(=O)[C@@H]1CC[C@@H]2CCN(C(=O)CCCCCC#Cc3cccc4c3CN(C3CCC(=O)NC3=O)C4=O)C[C@H](NC(=O)c3cc4cc(C(F)(F)P(=O)(O)O)ccc4[nH]3)C(=O)N21)C(=O)NC1(c2ccccc2)CCC1. The first-order chi connectivity index (χ1) is 38.1. The van der Waals surface area contributed by atoms with Crippen molar-refractivity contribution in [3.63, 3.8) is 0 Å². The summed E-state index contributed by atoms with van der Waals surface area (Å²) in [4.78, 5) is 147. The third-order valence-electron chi connectivity index (χ3n) is 15.9. The Morgan fingerprint density at radius 2 is 1.69 bits per heavy atom. The highest BCUT2D eigenvalue weighted by Crippen LogP contribution is 2.59. The number of hydrogen-bond acceptors (Lipinski definition) is 10. The molecule has 3 aromatic carbocycles. The van der Waals surface area contributed by atoms with Crippen molar-refractivity contribution in [2.24, 2.45) is 5.73 Å². The molecule has 9 amide bonds. The van der Waals surface area contributed by atoms with E-state index in [4.69, 9.17) is 5.73 Å². The molecule has 1 unspecified atom stereocenters. The van der Waals surface area contributed by atoms with Gasteiger partial charge in [0.2, 0.25) is 41.4 Å². The second-order valence-corrected chi connectivity index (χ2v) is 22.8. The zero-order chi connectivity index (χ0) is 57.1. The van der Waals surface area contributed by atoms with Crippen molar-refractivity contribution in [2.45, 2.75) is 144 Å². The Morgan fingerprint density at radius 1 is 0.912 bits per heavy atom. The first kappa shape index (κ1) is 56.9. The summed E-state index contributed by atoms with van der Waals surface area (Å²) in [6.45, 7) is 0.00267. The molecule has 9 N–H and O–H groups in total. The van der Waals surface area contributed by atoms with E-state index >= 15 is 0 Å². The number of aromatic nitrogens is 1. The van der Waals surface area contributed by atoms with Gasteiger partial charge in [0.15, 0.2) is 0 Å². The lowest BCUT2D eigenvalue weighted by atomic mass is 9.71. The molecule has 0 bridgehead atoms. The number of halogens is 2. The largest absolute Gasteiger partial charge is 0.399 e. The van der Waals surface area contributed by atoms with E-state index in [0.29, 0.717) is 61.6 Å². The molecule has 0 spiro atoms. The third kappa shape index (κ3) is 12.0. The van der Waals surface area contributed by atoms with Gasteiger partial charge in [-0.05, 0) is 106 Å². The van der Waals surface area contributed by atoms with Gasteiger partial charge in [0.05, 0.1) is 5.54 Å². The van der Waals surface area contributed by atoms with Gasteiger partial charge in [-0.1, -0.05) is 60.7 Å². The predicted molar refractivity (Wildman–Crippen MR) is 283 cm³/mol. The third-order valence-corrected chi connectivity index (χ3v) is 16.9. The molecule has 5 heterocycles. The number of benzene rings is 3. The second-order valence-electron chi connectivity index (χ2n) is 21.2. The molecule has 4 aliphatic heterocycles. The number of carbonyl (C=O) groups is 9. The van der Waals surface area contributed by atoms with Gasteiger partial charge in [-0.3, -0.25) is 53.0 Å². The van der Waals surface area contributed by atoms with Crippen LogP contribution in [0.3, 0.4) is 0 Å². The fourth-order valence-electron chi connectivity index (χ4n) is 11.4. The average Bonchev–Trinajstić information content (AvgIpc) is 4.18. The molecule has 5 aliphatic rings. The van der Waals surface area contributed by atoms with Crippen LogP contribution >= 0.6 is 7.60 Å².